The highest BCUT2D eigenvalue weighted by atomic mass is 32.1. The van der Waals surface area contributed by atoms with Gasteiger partial charge in [0.25, 0.3) is 5.91 Å². The van der Waals surface area contributed by atoms with Gasteiger partial charge in [-0.3, -0.25) is 9.59 Å². The van der Waals surface area contributed by atoms with Crippen LogP contribution >= 0.6 is 11.3 Å². The highest BCUT2D eigenvalue weighted by molar-refractivity contribution is 7.12. The number of hydrogen-bond donors (Lipinski definition) is 2. The average Bonchev–Trinajstić information content (AvgIpc) is 3.20. The third-order valence-corrected chi connectivity index (χ3v) is 5.26. The summed E-state index contributed by atoms with van der Waals surface area (Å²) in [6.07, 6.45) is 0.0330. The third-order valence-electron chi connectivity index (χ3n) is 4.39. The van der Waals surface area contributed by atoms with Crippen LogP contribution in [-0.4, -0.2) is 31.1 Å². The van der Waals surface area contributed by atoms with Gasteiger partial charge in [-0.2, -0.15) is 0 Å². The molecule has 0 radical (unpaired) electrons. The Kier molecular flexibility index (Phi) is 8.08. The van der Waals surface area contributed by atoms with Crippen LogP contribution in [0.5, 0.6) is 11.5 Å². The number of methoxy groups -OCH3 is 1. The van der Waals surface area contributed by atoms with Crippen LogP contribution in [0.1, 0.15) is 55.9 Å². The molecule has 29 heavy (non-hydrogen) atoms. The Hall–Kier alpha value is -2.54. The lowest BCUT2D eigenvalue weighted by atomic mass is 10.0. The molecule has 2 unspecified atom stereocenters. The first-order valence-corrected chi connectivity index (χ1v) is 10.6. The number of nitrogens with one attached hydrogen (secondary N) is 2. The summed E-state index contributed by atoms with van der Waals surface area (Å²) in [7, 11) is 1.59. The number of rotatable bonds is 9. The number of carbonyl (C=O) groups is 2. The smallest absolute Gasteiger partial charge is 0.262 e. The first kappa shape index (κ1) is 22.7. The summed E-state index contributed by atoms with van der Waals surface area (Å²) in [6, 6.07) is 8.27. The van der Waals surface area contributed by atoms with E-state index < -0.39 is 6.04 Å². The number of carbonyl (C=O) groups excluding carboxylic acids is 2. The van der Waals surface area contributed by atoms with Crippen molar-refractivity contribution in [2.75, 3.05) is 7.11 Å². The number of thiophene rings is 1. The molecule has 2 rings (SSSR count). The van der Waals surface area contributed by atoms with Crippen LogP contribution < -0.4 is 20.1 Å². The normalized spacial score (nSPS) is 13.1. The molecule has 0 aliphatic rings. The van der Waals surface area contributed by atoms with Crippen molar-refractivity contribution >= 4 is 23.2 Å². The lowest BCUT2D eigenvalue weighted by Crippen LogP contribution is -2.50. The van der Waals surface area contributed by atoms with E-state index in [9.17, 15) is 9.59 Å². The number of benzene rings is 1. The molecule has 0 aliphatic carbocycles. The molecule has 0 aliphatic heterocycles. The van der Waals surface area contributed by atoms with Gasteiger partial charge in [0, 0.05) is 0 Å². The van der Waals surface area contributed by atoms with Crippen molar-refractivity contribution in [2.24, 2.45) is 5.92 Å². The molecule has 2 N–H and O–H groups in total. The number of hydrogen-bond acceptors (Lipinski definition) is 5. The summed E-state index contributed by atoms with van der Waals surface area (Å²) in [5, 5.41) is 7.67. The molecule has 0 bridgehead atoms. The minimum absolute atomic E-state index is 0.0330. The van der Waals surface area contributed by atoms with Crippen molar-refractivity contribution in [3.63, 3.8) is 0 Å². The Morgan fingerprint density at radius 3 is 2.28 bits per heavy atom. The molecule has 2 amide bonds. The van der Waals surface area contributed by atoms with E-state index in [-0.39, 0.29) is 29.9 Å². The molecule has 0 saturated heterocycles. The Balaban J connectivity index is 2.09. The summed E-state index contributed by atoms with van der Waals surface area (Å²) in [4.78, 5) is 25.8. The number of amides is 2. The van der Waals surface area contributed by atoms with Gasteiger partial charge in [-0.05, 0) is 55.8 Å². The average molecular weight is 419 g/mol. The zero-order chi connectivity index (χ0) is 21.6. The Morgan fingerprint density at radius 1 is 1.00 bits per heavy atom. The van der Waals surface area contributed by atoms with Gasteiger partial charge in [-0.1, -0.05) is 26.0 Å². The largest absolute Gasteiger partial charge is 0.493 e. The van der Waals surface area contributed by atoms with Crippen LogP contribution in [0.3, 0.4) is 0 Å². The predicted octanol–water partition coefficient (Wildman–Crippen LogP) is 4.18. The topological polar surface area (TPSA) is 76.7 Å². The molecule has 2 aromatic rings. The lowest BCUT2D eigenvalue weighted by molar-refractivity contribution is -0.124. The van der Waals surface area contributed by atoms with Crippen LogP contribution in [0.15, 0.2) is 35.7 Å². The summed E-state index contributed by atoms with van der Waals surface area (Å²) >= 11 is 1.35. The predicted molar refractivity (Wildman–Crippen MR) is 116 cm³/mol. The molecule has 0 spiro atoms. The van der Waals surface area contributed by atoms with E-state index >= 15 is 0 Å². The van der Waals surface area contributed by atoms with Gasteiger partial charge in [-0.15, -0.1) is 11.3 Å². The molecule has 1 heterocycles. The lowest BCUT2D eigenvalue weighted by Gasteiger charge is -2.24. The summed E-state index contributed by atoms with van der Waals surface area (Å²) in [5.74, 6) is 0.761. The Labute approximate surface area is 176 Å². The standard InChI is InChI=1S/C22H30N2O4S/c1-13(2)20(24-21(25)19-8-7-11-29-19)22(26)23-15(5)16-9-10-17(28-14(3)4)18(12-16)27-6/h7-15,20H,1-6H3,(H,23,26)(H,24,25). The van der Waals surface area contributed by atoms with Crippen molar-refractivity contribution in [1.82, 2.24) is 10.6 Å². The van der Waals surface area contributed by atoms with Gasteiger partial charge in [0.1, 0.15) is 6.04 Å². The highest BCUT2D eigenvalue weighted by Gasteiger charge is 2.26. The first-order chi connectivity index (χ1) is 13.7. The molecular weight excluding hydrogens is 388 g/mol. The third kappa shape index (κ3) is 6.22. The minimum Gasteiger partial charge on any atom is -0.493 e. The second-order valence-corrected chi connectivity index (χ2v) is 8.43. The van der Waals surface area contributed by atoms with E-state index in [0.29, 0.717) is 16.4 Å². The Morgan fingerprint density at radius 2 is 1.72 bits per heavy atom. The van der Waals surface area contributed by atoms with Gasteiger partial charge >= 0.3 is 0 Å². The fourth-order valence-electron chi connectivity index (χ4n) is 2.85. The van der Waals surface area contributed by atoms with Crippen LogP contribution in [0.25, 0.3) is 0 Å². The molecule has 7 heteroatoms. The van der Waals surface area contributed by atoms with Crippen molar-refractivity contribution < 1.29 is 19.1 Å². The van der Waals surface area contributed by atoms with Gasteiger partial charge in [-0.25, -0.2) is 0 Å². The second kappa shape index (κ2) is 10.3. The maximum atomic E-state index is 12.9. The van der Waals surface area contributed by atoms with Crippen molar-refractivity contribution in [3.05, 3.63) is 46.2 Å². The van der Waals surface area contributed by atoms with Crippen LogP contribution in [-0.2, 0) is 4.79 Å². The van der Waals surface area contributed by atoms with Gasteiger partial charge in [0.05, 0.1) is 24.1 Å². The summed E-state index contributed by atoms with van der Waals surface area (Å²) < 4.78 is 11.2. The van der Waals surface area contributed by atoms with E-state index in [0.717, 1.165) is 5.56 Å². The van der Waals surface area contributed by atoms with Crippen molar-refractivity contribution in [1.29, 1.82) is 0 Å². The van der Waals surface area contributed by atoms with Crippen LogP contribution in [0.4, 0.5) is 0 Å². The fraction of sp³-hybridized carbons (Fsp3) is 0.455. The van der Waals surface area contributed by atoms with Crippen LogP contribution in [0, 0.1) is 5.92 Å². The van der Waals surface area contributed by atoms with E-state index in [4.69, 9.17) is 9.47 Å². The molecule has 158 valence electrons. The highest BCUT2D eigenvalue weighted by Crippen LogP contribution is 2.31. The second-order valence-electron chi connectivity index (χ2n) is 7.48. The van der Waals surface area contributed by atoms with Gasteiger partial charge in [0.2, 0.25) is 5.91 Å². The minimum atomic E-state index is -0.627. The van der Waals surface area contributed by atoms with Crippen LogP contribution in [0.2, 0.25) is 0 Å². The zero-order valence-corrected chi connectivity index (χ0v) is 18.6. The molecule has 6 nitrogen and oxygen atoms in total. The van der Waals surface area contributed by atoms with E-state index in [2.05, 4.69) is 10.6 Å². The zero-order valence-electron chi connectivity index (χ0n) is 17.8. The van der Waals surface area contributed by atoms with E-state index in [1.807, 2.05) is 64.3 Å². The number of ether oxygens (including phenoxy) is 2. The quantitative estimate of drug-likeness (QED) is 0.641. The molecule has 0 fully saturated rings. The van der Waals surface area contributed by atoms with Crippen molar-refractivity contribution in [2.45, 2.75) is 52.8 Å². The maximum Gasteiger partial charge on any atom is 0.262 e. The maximum absolute atomic E-state index is 12.9. The molecule has 1 aromatic carbocycles. The molecule has 0 saturated carbocycles. The molecule has 2 atom stereocenters. The first-order valence-electron chi connectivity index (χ1n) is 9.72. The summed E-state index contributed by atoms with van der Waals surface area (Å²) in [5.41, 5.74) is 0.887. The molecule has 1 aromatic heterocycles. The summed E-state index contributed by atoms with van der Waals surface area (Å²) in [6.45, 7) is 9.61. The fourth-order valence-corrected chi connectivity index (χ4v) is 3.47. The monoisotopic (exact) mass is 418 g/mol. The molecular formula is C22H30N2O4S. The van der Waals surface area contributed by atoms with Gasteiger partial charge < -0.3 is 20.1 Å². The van der Waals surface area contributed by atoms with E-state index in [1.54, 1.807) is 13.2 Å². The van der Waals surface area contributed by atoms with E-state index in [1.165, 1.54) is 11.3 Å². The SMILES string of the molecule is COc1cc(C(C)NC(=O)C(NC(=O)c2cccs2)C(C)C)ccc1OC(C)C. The Bertz CT molecular complexity index is 818. The van der Waals surface area contributed by atoms with Crippen molar-refractivity contribution in [3.8, 4) is 11.5 Å². The van der Waals surface area contributed by atoms with Gasteiger partial charge in [0.15, 0.2) is 11.5 Å².